The van der Waals surface area contributed by atoms with Crippen LogP contribution in [0.25, 0.3) is 0 Å². The van der Waals surface area contributed by atoms with Crippen molar-refractivity contribution in [1.82, 2.24) is 5.32 Å². The fourth-order valence-corrected chi connectivity index (χ4v) is 2.15. The van der Waals surface area contributed by atoms with Crippen LogP contribution < -0.4 is 5.32 Å². The molecule has 1 N–H and O–H groups in total. The molecule has 0 saturated heterocycles. The molecule has 0 heterocycles. The molecular weight excluding hydrogens is 194 g/mol. The average molecular weight is 227 g/mol. The molecule has 1 atom stereocenters. The van der Waals surface area contributed by atoms with E-state index in [2.05, 4.69) is 33.0 Å². The van der Waals surface area contributed by atoms with Gasteiger partial charge in [-0.3, -0.25) is 0 Å². The molecule has 0 amide bonds. The summed E-state index contributed by atoms with van der Waals surface area (Å²) in [6, 6.07) is 0. The zero-order valence-electron chi connectivity index (χ0n) is 12.0. The van der Waals surface area contributed by atoms with Gasteiger partial charge in [-0.05, 0) is 37.8 Å². The van der Waals surface area contributed by atoms with Crippen LogP contribution >= 0.6 is 0 Å². The minimum atomic E-state index is 0.829. The van der Waals surface area contributed by atoms with Crippen LogP contribution in [0.4, 0.5) is 0 Å². The highest BCUT2D eigenvalue weighted by Crippen LogP contribution is 2.18. The lowest BCUT2D eigenvalue weighted by atomic mass is 9.90. The van der Waals surface area contributed by atoms with Crippen molar-refractivity contribution < 1.29 is 0 Å². The summed E-state index contributed by atoms with van der Waals surface area (Å²) in [5.41, 5.74) is 0. The van der Waals surface area contributed by atoms with E-state index in [0.29, 0.717) is 0 Å². The Labute approximate surface area is 103 Å². The Morgan fingerprint density at radius 2 is 1.56 bits per heavy atom. The minimum Gasteiger partial charge on any atom is -0.316 e. The number of hydrogen-bond donors (Lipinski definition) is 1. The Hall–Kier alpha value is -0.0400. The first-order chi connectivity index (χ1) is 7.72. The molecule has 0 aromatic carbocycles. The first kappa shape index (κ1) is 16.0. The molecule has 0 aliphatic carbocycles. The van der Waals surface area contributed by atoms with Crippen molar-refractivity contribution in [1.29, 1.82) is 0 Å². The van der Waals surface area contributed by atoms with Gasteiger partial charge in [-0.2, -0.15) is 0 Å². The van der Waals surface area contributed by atoms with E-state index in [1.54, 1.807) is 0 Å². The number of nitrogens with one attached hydrogen (secondary N) is 1. The monoisotopic (exact) mass is 227 g/mol. The molecule has 1 nitrogen and oxygen atoms in total. The fraction of sp³-hybridized carbons (Fsp3) is 1.00. The summed E-state index contributed by atoms with van der Waals surface area (Å²) in [5, 5.41) is 3.57. The van der Waals surface area contributed by atoms with Crippen LogP contribution in [0.15, 0.2) is 0 Å². The van der Waals surface area contributed by atoms with Gasteiger partial charge in [0.05, 0.1) is 0 Å². The zero-order valence-corrected chi connectivity index (χ0v) is 12.0. The molecule has 98 valence electrons. The van der Waals surface area contributed by atoms with Crippen LogP contribution in [0, 0.1) is 11.8 Å². The summed E-state index contributed by atoms with van der Waals surface area (Å²) >= 11 is 0. The van der Waals surface area contributed by atoms with Gasteiger partial charge in [-0.1, -0.05) is 59.8 Å². The van der Waals surface area contributed by atoms with E-state index in [1.165, 1.54) is 58.0 Å². The Bertz CT molecular complexity index is 131. The highest BCUT2D eigenvalue weighted by atomic mass is 14.9. The standard InChI is InChI=1S/C15H33N/c1-5-7-8-9-10-11-15(14(3)4)13-16-12-6-2/h14-16H,5-13H2,1-4H3. The molecular formula is C15H33N. The van der Waals surface area contributed by atoms with Crippen LogP contribution in [0.2, 0.25) is 0 Å². The predicted octanol–water partition coefficient (Wildman–Crippen LogP) is 4.62. The van der Waals surface area contributed by atoms with Crippen LogP contribution in [-0.2, 0) is 0 Å². The lowest BCUT2D eigenvalue weighted by Crippen LogP contribution is -2.26. The molecule has 0 radical (unpaired) electrons. The fourth-order valence-electron chi connectivity index (χ4n) is 2.15. The first-order valence-corrected chi connectivity index (χ1v) is 7.43. The van der Waals surface area contributed by atoms with Crippen LogP contribution in [0.3, 0.4) is 0 Å². The average Bonchev–Trinajstić information content (AvgIpc) is 2.26. The van der Waals surface area contributed by atoms with Crippen molar-refractivity contribution in [3.8, 4) is 0 Å². The van der Waals surface area contributed by atoms with Gasteiger partial charge in [0.25, 0.3) is 0 Å². The van der Waals surface area contributed by atoms with Gasteiger partial charge in [-0.15, -0.1) is 0 Å². The molecule has 0 saturated carbocycles. The van der Waals surface area contributed by atoms with E-state index in [4.69, 9.17) is 0 Å². The first-order valence-electron chi connectivity index (χ1n) is 7.43. The lowest BCUT2D eigenvalue weighted by Gasteiger charge is -2.21. The summed E-state index contributed by atoms with van der Waals surface area (Å²) in [6.07, 6.45) is 9.73. The molecule has 1 unspecified atom stereocenters. The van der Waals surface area contributed by atoms with E-state index < -0.39 is 0 Å². The molecule has 0 aromatic heterocycles. The largest absolute Gasteiger partial charge is 0.316 e. The predicted molar refractivity (Wildman–Crippen MR) is 74.9 cm³/mol. The van der Waals surface area contributed by atoms with Gasteiger partial charge >= 0.3 is 0 Å². The molecule has 0 aromatic rings. The quantitative estimate of drug-likeness (QED) is 0.508. The number of unbranched alkanes of at least 4 members (excludes halogenated alkanes) is 4. The van der Waals surface area contributed by atoms with Gasteiger partial charge in [0.15, 0.2) is 0 Å². The maximum Gasteiger partial charge on any atom is -0.00181 e. The van der Waals surface area contributed by atoms with Gasteiger partial charge in [0.2, 0.25) is 0 Å². The third-order valence-electron chi connectivity index (χ3n) is 3.45. The molecule has 0 fully saturated rings. The van der Waals surface area contributed by atoms with E-state index in [0.717, 1.165) is 11.8 Å². The third kappa shape index (κ3) is 9.21. The van der Waals surface area contributed by atoms with Crippen LogP contribution in [-0.4, -0.2) is 13.1 Å². The summed E-state index contributed by atoms with van der Waals surface area (Å²) in [6.45, 7) is 11.7. The molecule has 0 aliphatic rings. The van der Waals surface area contributed by atoms with Crippen molar-refractivity contribution >= 4 is 0 Å². The van der Waals surface area contributed by atoms with E-state index in [1.807, 2.05) is 0 Å². The van der Waals surface area contributed by atoms with Crippen molar-refractivity contribution in [2.75, 3.05) is 13.1 Å². The summed E-state index contributed by atoms with van der Waals surface area (Å²) in [5.74, 6) is 1.71. The van der Waals surface area contributed by atoms with Gasteiger partial charge in [0.1, 0.15) is 0 Å². The maximum atomic E-state index is 3.57. The van der Waals surface area contributed by atoms with Crippen molar-refractivity contribution in [3.05, 3.63) is 0 Å². The highest BCUT2D eigenvalue weighted by molar-refractivity contribution is 4.66. The summed E-state index contributed by atoms with van der Waals surface area (Å²) in [7, 11) is 0. The molecule has 0 bridgehead atoms. The SMILES string of the molecule is CCCCCCCC(CNCCC)C(C)C. The lowest BCUT2D eigenvalue weighted by molar-refractivity contribution is 0.329. The zero-order chi connectivity index (χ0) is 12.2. The molecule has 0 rings (SSSR count). The third-order valence-corrected chi connectivity index (χ3v) is 3.45. The van der Waals surface area contributed by atoms with Crippen LogP contribution in [0.1, 0.15) is 72.6 Å². The summed E-state index contributed by atoms with van der Waals surface area (Å²) in [4.78, 5) is 0. The Morgan fingerprint density at radius 3 is 2.12 bits per heavy atom. The number of rotatable bonds is 11. The van der Waals surface area contributed by atoms with Gasteiger partial charge < -0.3 is 5.32 Å². The summed E-state index contributed by atoms with van der Waals surface area (Å²) < 4.78 is 0. The Kier molecular flexibility index (Phi) is 11.4. The van der Waals surface area contributed by atoms with Crippen molar-refractivity contribution in [2.45, 2.75) is 72.6 Å². The minimum absolute atomic E-state index is 0.829. The highest BCUT2D eigenvalue weighted by Gasteiger charge is 2.11. The molecule has 16 heavy (non-hydrogen) atoms. The van der Waals surface area contributed by atoms with Crippen molar-refractivity contribution in [3.63, 3.8) is 0 Å². The molecule has 0 spiro atoms. The normalized spacial score (nSPS) is 13.3. The van der Waals surface area contributed by atoms with Crippen molar-refractivity contribution in [2.24, 2.45) is 11.8 Å². The Balaban J connectivity index is 3.52. The maximum absolute atomic E-state index is 3.57. The van der Waals surface area contributed by atoms with E-state index >= 15 is 0 Å². The molecule has 0 aliphatic heterocycles. The van der Waals surface area contributed by atoms with Gasteiger partial charge in [-0.25, -0.2) is 0 Å². The second kappa shape index (κ2) is 11.4. The van der Waals surface area contributed by atoms with E-state index in [9.17, 15) is 0 Å². The van der Waals surface area contributed by atoms with Crippen LogP contribution in [0.5, 0.6) is 0 Å². The van der Waals surface area contributed by atoms with E-state index in [-0.39, 0.29) is 0 Å². The smallest absolute Gasteiger partial charge is 0.00181 e. The second-order valence-corrected chi connectivity index (χ2v) is 5.41. The number of hydrogen-bond acceptors (Lipinski definition) is 1. The second-order valence-electron chi connectivity index (χ2n) is 5.41. The Morgan fingerprint density at radius 1 is 0.875 bits per heavy atom. The van der Waals surface area contributed by atoms with Gasteiger partial charge in [0, 0.05) is 0 Å². The topological polar surface area (TPSA) is 12.0 Å². The molecule has 1 heteroatoms.